The minimum Gasteiger partial charge on any atom is -0.311 e. The number of thiophene rings is 1. The van der Waals surface area contributed by atoms with Gasteiger partial charge in [0, 0.05) is 54.3 Å². The molecule has 0 saturated heterocycles. The molecular weight excluding hydrogens is 1150 g/mol. The Hall–Kier alpha value is -10.7. The third-order valence-corrected chi connectivity index (χ3v) is 30.9. The van der Waals surface area contributed by atoms with E-state index in [0.29, 0.717) is 0 Å². The van der Waals surface area contributed by atoms with Crippen molar-refractivity contribution >= 4 is 157 Å². The van der Waals surface area contributed by atoms with Gasteiger partial charge in [0.05, 0.1) is 0 Å². The minimum atomic E-state index is -2.90. The number of hydrogen-bond acceptors (Lipinski definition) is 3. The first kappa shape index (κ1) is 53.4. The first-order valence-corrected chi connectivity index (χ1v) is 36.6. The molecule has 5 heteroatoms. The standard InChI is InChI=1S/C49H33NSSi.C37H27NSi/c1-4-18-36(19-5-1)50-43-31-34(39-25-14-26-41-40-24-10-11-28-45(40)51-48(39)41)29-30-46(43)52(37-20-6-2-7-21-37,38-22-8-3-9-23-38)49-42-27-13-16-33-15-12-17-35(47(33)42)32-44(49)50;1-4-17-29(18-5-1)38-33-24-10-11-25-35(33)39(30-19-6-2-7-20-30,31-21-8-3-9-22-31)37-32-23-13-15-27-14-12-16-28(36(27)32)26-34(37)38/h1-26,28-32H,27H2;1-22,24-26H,23H2. The Kier molecular flexibility index (Phi) is 12.6. The highest BCUT2D eigenvalue weighted by Crippen LogP contribution is 2.47. The fraction of sp³-hybridized carbons (Fsp3) is 0.0233. The number of rotatable bonds is 7. The van der Waals surface area contributed by atoms with E-state index >= 15 is 0 Å². The van der Waals surface area contributed by atoms with Gasteiger partial charge in [-0.05, 0) is 164 Å². The second-order valence-electron chi connectivity index (χ2n) is 24.4. The molecule has 1 aromatic heterocycles. The van der Waals surface area contributed by atoms with E-state index in [4.69, 9.17) is 0 Å². The zero-order valence-electron chi connectivity index (χ0n) is 50.0. The number of para-hydroxylation sites is 3. The summed E-state index contributed by atoms with van der Waals surface area (Å²) in [5, 5.41) is 19.7. The van der Waals surface area contributed by atoms with Crippen molar-refractivity contribution in [3.05, 3.63) is 350 Å². The second kappa shape index (κ2) is 21.5. The van der Waals surface area contributed by atoms with Gasteiger partial charge < -0.3 is 9.80 Å². The molecule has 0 amide bonds. The average molecular weight is 1210 g/mol. The van der Waals surface area contributed by atoms with Gasteiger partial charge in [0.25, 0.3) is 0 Å². The molecule has 0 unspecified atom stereocenters. The molecule has 15 aromatic rings. The molecule has 14 aromatic carbocycles. The van der Waals surface area contributed by atoms with E-state index in [2.05, 4.69) is 350 Å². The molecule has 3 heterocycles. The van der Waals surface area contributed by atoms with E-state index in [1.807, 2.05) is 11.3 Å². The molecule has 0 fully saturated rings. The molecule has 2 nitrogen and oxygen atoms in total. The van der Waals surface area contributed by atoms with Crippen LogP contribution in [0.25, 0.3) is 65.0 Å². The van der Waals surface area contributed by atoms with E-state index in [9.17, 15) is 0 Å². The number of allylic oxidation sites excluding steroid dienone is 2. The number of hydrogen-bond donors (Lipinski definition) is 0. The Morgan fingerprint density at radius 3 is 1.27 bits per heavy atom. The normalized spacial score (nSPS) is 14.3. The zero-order valence-corrected chi connectivity index (χ0v) is 52.9. The van der Waals surface area contributed by atoms with Gasteiger partial charge in [-0.15, -0.1) is 11.3 Å². The quantitative estimate of drug-likeness (QED) is 0.147. The number of fused-ring (bicyclic) bond motifs is 9. The van der Waals surface area contributed by atoms with Crippen LogP contribution in [0, 0.1) is 0 Å². The summed E-state index contributed by atoms with van der Waals surface area (Å²) in [6.07, 6.45) is 11.2. The lowest BCUT2D eigenvalue weighted by Crippen LogP contribution is -2.77. The van der Waals surface area contributed by atoms with E-state index in [-0.39, 0.29) is 0 Å². The van der Waals surface area contributed by atoms with Crippen molar-refractivity contribution in [1.82, 2.24) is 0 Å². The molecule has 0 bridgehead atoms. The van der Waals surface area contributed by atoms with E-state index in [0.717, 1.165) is 12.8 Å². The van der Waals surface area contributed by atoms with Crippen LogP contribution in [0.5, 0.6) is 0 Å². The molecular formula is C86H60N2SSi2. The summed E-state index contributed by atoms with van der Waals surface area (Å²) in [4.78, 5) is 5.10. The van der Waals surface area contributed by atoms with Crippen LogP contribution < -0.4 is 51.3 Å². The molecule has 0 spiro atoms. The number of nitrogens with zero attached hydrogens (tertiary/aromatic N) is 2. The van der Waals surface area contributed by atoms with Gasteiger partial charge in [-0.25, -0.2) is 0 Å². The van der Waals surface area contributed by atoms with Crippen LogP contribution in [0.1, 0.15) is 22.3 Å². The molecule has 0 N–H and O–H groups in total. The Balaban J connectivity index is 0.000000141. The van der Waals surface area contributed by atoms with Crippen molar-refractivity contribution in [1.29, 1.82) is 0 Å². The molecule has 91 heavy (non-hydrogen) atoms. The van der Waals surface area contributed by atoms with Gasteiger partial charge in [-0.1, -0.05) is 285 Å². The van der Waals surface area contributed by atoms with Crippen molar-refractivity contribution in [3.8, 4) is 11.1 Å². The van der Waals surface area contributed by atoms with Gasteiger partial charge in [0.1, 0.15) is 0 Å². The van der Waals surface area contributed by atoms with E-state index in [1.165, 1.54) is 151 Å². The molecule has 0 saturated carbocycles. The molecule has 4 aliphatic rings. The molecule has 19 rings (SSSR count). The third-order valence-electron chi connectivity index (χ3n) is 19.8. The highest BCUT2D eigenvalue weighted by atomic mass is 32.1. The van der Waals surface area contributed by atoms with E-state index in [1.54, 1.807) is 0 Å². The van der Waals surface area contributed by atoms with Crippen LogP contribution in [0.3, 0.4) is 0 Å². The van der Waals surface area contributed by atoms with Crippen molar-refractivity contribution in [2.75, 3.05) is 9.80 Å². The maximum atomic E-state index is 2.58. The fourth-order valence-corrected chi connectivity index (χ4v) is 28.2. The summed E-state index contributed by atoms with van der Waals surface area (Å²) < 4.78 is 2.67. The van der Waals surface area contributed by atoms with Gasteiger partial charge in [0.15, 0.2) is 16.1 Å². The van der Waals surface area contributed by atoms with Crippen LogP contribution >= 0.6 is 11.3 Å². The molecule has 428 valence electrons. The molecule has 0 radical (unpaired) electrons. The van der Waals surface area contributed by atoms with Crippen LogP contribution in [-0.2, 0) is 12.8 Å². The van der Waals surface area contributed by atoms with Crippen molar-refractivity contribution in [2.45, 2.75) is 12.8 Å². The summed E-state index contributed by atoms with van der Waals surface area (Å²) >= 11 is 1.90. The van der Waals surface area contributed by atoms with Crippen LogP contribution in [0.2, 0.25) is 0 Å². The van der Waals surface area contributed by atoms with Gasteiger partial charge in [-0.2, -0.15) is 0 Å². The monoisotopic (exact) mass is 1210 g/mol. The summed E-state index contributed by atoms with van der Waals surface area (Å²) in [5.74, 6) is 0. The summed E-state index contributed by atoms with van der Waals surface area (Å²) in [5.41, 5.74) is 15.7. The average Bonchev–Trinajstić information content (AvgIpc) is 0.892. The van der Waals surface area contributed by atoms with Crippen molar-refractivity contribution in [3.63, 3.8) is 0 Å². The Labute approximate surface area is 536 Å². The Morgan fingerprint density at radius 2 is 0.747 bits per heavy atom. The van der Waals surface area contributed by atoms with Gasteiger partial charge >= 0.3 is 0 Å². The Morgan fingerprint density at radius 1 is 0.319 bits per heavy atom. The lowest BCUT2D eigenvalue weighted by atomic mass is 9.91. The zero-order chi connectivity index (χ0) is 60.0. The summed E-state index contributed by atoms with van der Waals surface area (Å²) in [7, 11) is -5.60. The topological polar surface area (TPSA) is 6.48 Å². The largest absolute Gasteiger partial charge is 0.311 e. The predicted molar refractivity (Wildman–Crippen MR) is 395 cm³/mol. The minimum absolute atomic E-state index is 0.912. The first-order chi connectivity index (χ1) is 45.2. The van der Waals surface area contributed by atoms with Crippen molar-refractivity contribution in [2.24, 2.45) is 0 Å². The number of benzene rings is 14. The summed E-state index contributed by atoms with van der Waals surface area (Å²) in [6, 6.07) is 118. The SMILES string of the molecule is C1=Cc2cccc3cc4c(c(c23)C1)[Si](c1ccccc1)(c1ccccc1)c1ccc(-c2cccc3c2sc2ccccc23)cc1N4c1ccccc1.C1=Cc2cccc3cc4c(c(c23)C1)[Si](c1ccccc1)(c1ccccc1)c1ccccc1N4c1ccccc1. The second-order valence-corrected chi connectivity index (χ2v) is 32.9. The molecule has 2 aliphatic carbocycles. The first-order valence-electron chi connectivity index (χ1n) is 31.8. The van der Waals surface area contributed by atoms with Gasteiger partial charge in [0.2, 0.25) is 0 Å². The Bertz CT molecular complexity index is 5330. The smallest absolute Gasteiger partial charge is 0.184 e. The maximum Gasteiger partial charge on any atom is 0.184 e. The van der Waals surface area contributed by atoms with E-state index < -0.39 is 16.1 Å². The maximum absolute atomic E-state index is 2.90. The predicted octanol–water partition coefficient (Wildman–Crippen LogP) is 17.2. The van der Waals surface area contributed by atoms with Crippen LogP contribution in [0.15, 0.2) is 328 Å². The van der Waals surface area contributed by atoms with Crippen LogP contribution in [-0.4, -0.2) is 16.1 Å². The number of anilines is 6. The third kappa shape index (κ3) is 8.08. The molecule has 0 atom stereocenters. The van der Waals surface area contributed by atoms with Gasteiger partial charge in [-0.3, -0.25) is 0 Å². The van der Waals surface area contributed by atoms with Crippen LogP contribution in [0.4, 0.5) is 34.1 Å². The summed E-state index contributed by atoms with van der Waals surface area (Å²) in [6.45, 7) is 0. The highest BCUT2D eigenvalue weighted by molar-refractivity contribution is 7.26. The lowest BCUT2D eigenvalue weighted by molar-refractivity contribution is 1.25. The molecule has 2 aliphatic heterocycles. The van der Waals surface area contributed by atoms with Crippen molar-refractivity contribution < 1.29 is 0 Å². The lowest BCUT2D eigenvalue weighted by Gasteiger charge is -2.47. The fourth-order valence-electron chi connectivity index (χ4n) is 16.3. The highest BCUT2D eigenvalue weighted by Gasteiger charge is 2.52.